The van der Waals surface area contributed by atoms with Gasteiger partial charge in [0.1, 0.15) is 12.4 Å². The van der Waals surface area contributed by atoms with Crippen LogP contribution in [0, 0.1) is 11.6 Å². The molecule has 0 bridgehead atoms. The van der Waals surface area contributed by atoms with Crippen LogP contribution in [-0.4, -0.2) is 19.0 Å². The number of rotatable bonds is 2. The zero-order chi connectivity index (χ0) is 10.8. The summed E-state index contributed by atoms with van der Waals surface area (Å²) in [5, 5.41) is 0. The summed E-state index contributed by atoms with van der Waals surface area (Å²) in [6.07, 6.45) is 0.858. The predicted octanol–water partition coefficient (Wildman–Crippen LogP) is 2.04. The fourth-order valence-electron chi connectivity index (χ4n) is 1.75. The van der Waals surface area contributed by atoms with Crippen LogP contribution in [0.25, 0.3) is 0 Å². The van der Waals surface area contributed by atoms with E-state index in [-0.39, 0.29) is 5.92 Å². The third-order valence-corrected chi connectivity index (χ3v) is 2.60. The molecule has 4 heteroatoms. The predicted molar refractivity (Wildman–Crippen MR) is 49.5 cm³/mol. The number of ether oxygens (including phenoxy) is 1. The Labute approximate surface area is 85.9 Å². The smallest absolute Gasteiger partial charge is 0.159 e. The molecule has 0 N–H and O–H groups in total. The highest BCUT2D eigenvalue weighted by Gasteiger charge is 2.26. The maximum Gasteiger partial charge on any atom is 0.159 e. The monoisotopic (exact) mass is 212 g/mol. The van der Waals surface area contributed by atoms with Gasteiger partial charge in [-0.05, 0) is 24.1 Å². The molecule has 1 aromatic carbocycles. The van der Waals surface area contributed by atoms with Crippen molar-refractivity contribution < 1.29 is 18.3 Å². The van der Waals surface area contributed by atoms with Crippen molar-refractivity contribution in [2.24, 2.45) is 0 Å². The third-order valence-electron chi connectivity index (χ3n) is 2.60. The van der Waals surface area contributed by atoms with Gasteiger partial charge in [-0.3, -0.25) is 0 Å². The molecule has 80 valence electrons. The fourth-order valence-corrected chi connectivity index (χ4v) is 1.75. The summed E-state index contributed by atoms with van der Waals surface area (Å²) in [7, 11) is 0. The minimum atomic E-state index is -0.859. The summed E-state index contributed by atoms with van der Waals surface area (Å²) < 4.78 is 30.7. The average molecular weight is 212 g/mol. The van der Waals surface area contributed by atoms with Gasteiger partial charge >= 0.3 is 0 Å². The zero-order valence-electron chi connectivity index (χ0n) is 7.95. The van der Waals surface area contributed by atoms with E-state index in [1.54, 1.807) is 0 Å². The standard InChI is InChI=1S/C11H10F2O2/c12-10-2-1-7(4-11(10)13)8-3-9(5-14)15-6-8/h1-2,4-5,8-9H,3,6H2. The molecular formula is C11H10F2O2. The van der Waals surface area contributed by atoms with Gasteiger partial charge in [-0.2, -0.15) is 0 Å². The van der Waals surface area contributed by atoms with Gasteiger partial charge in [0.2, 0.25) is 0 Å². The Morgan fingerprint density at radius 1 is 1.33 bits per heavy atom. The third kappa shape index (κ3) is 2.04. The van der Waals surface area contributed by atoms with Crippen molar-refractivity contribution in [1.29, 1.82) is 0 Å². The van der Waals surface area contributed by atoms with E-state index in [9.17, 15) is 13.6 Å². The number of carbonyl (C=O) groups is 1. The van der Waals surface area contributed by atoms with Crippen LogP contribution in [0.3, 0.4) is 0 Å². The van der Waals surface area contributed by atoms with E-state index in [4.69, 9.17) is 4.74 Å². The van der Waals surface area contributed by atoms with E-state index < -0.39 is 17.7 Å². The summed E-state index contributed by atoms with van der Waals surface area (Å²) in [5.74, 6) is -1.73. The first kappa shape index (κ1) is 10.2. The Hall–Kier alpha value is -1.29. The molecule has 1 heterocycles. The molecule has 1 aliphatic rings. The first-order valence-electron chi connectivity index (χ1n) is 4.72. The van der Waals surface area contributed by atoms with Gasteiger partial charge < -0.3 is 9.53 Å². The highest BCUT2D eigenvalue weighted by atomic mass is 19.2. The van der Waals surface area contributed by atoms with Crippen molar-refractivity contribution in [3.05, 3.63) is 35.4 Å². The van der Waals surface area contributed by atoms with Gasteiger partial charge in [0, 0.05) is 5.92 Å². The van der Waals surface area contributed by atoms with E-state index in [0.717, 1.165) is 18.4 Å². The molecule has 1 saturated heterocycles. The molecule has 0 aromatic heterocycles. The summed E-state index contributed by atoms with van der Waals surface area (Å²) >= 11 is 0. The Bertz CT molecular complexity index is 379. The molecule has 0 radical (unpaired) electrons. The van der Waals surface area contributed by atoms with E-state index in [0.29, 0.717) is 18.6 Å². The lowest BCUT2D eigenvalue weighted by Crippen LogP contribution is -2.05. The minimum absolute atomic E-state index is 0.0182. The maximum atomic E-state index is 12.9. The van der Waals surface area contributed by atoms with Gasteiger partial charge in [0.05, 0.1) is 6.61 Å². The van der Waals surface area contributed by atoms with Crippen LogP contribution in [0.4, 0.5) is 8.78 Å². The quantitative estimate of drug-likeness (QED) is 0.701. The summed E-state index contributed by atoms with van der Waals surface area (Å²) in [6.45, 7) is 0.383. The van der Waals surface area contributed by atoms with Crippen LogP contribution < -0.4 is 0 Å². The van der Waals surface area contributed by atoms with Crippen molar-refractivity contribution >= 4 is 6.29 Å². The second-order valence-electron chi connectivity index (χ2n) is 3.61. The van der Waals surface area contributed by atoms with E-state index in [1.165, 1.54) is 6.07 Å². The Morgan fingerprint density at radius 3 is 2.73 bits per heavy atom. The number of aldehydes is 1. The summed E-state index contributed by atoms with van der Waals surface area (Å²) in [4.78, 5) is 10.4. The van der Waals surface area contributed by atoms with Crippen LogP contribution in [-0.2, 0) is 9.53 Å². The zero-order valence-corrected chi connectivity index (χ0v) is 7.95. The molecule has 0 aliphatic carbocycles. The van der Waals surface area contributed by atoms with Gasteiger partial charge in [-0.15, -0.1) is 0 Å². The summed E-state index contributed by atoms with van der Waals surface area (Å²) in [5.41, 5.74) is 0.679. The lowest BCUT2D eigenvalue weighted by atomic mass is 9.96. The lowest BCUT2D eigenvalue weighted by Gasteiger charge is -2.07. The molecule has 1 aliphatic heterocycles. The van der Waals surface area contributed by atoms with Crippen molar-refractivity contribution in [3.63, 3.8) is 0 Å². The van der Waals surface area contributed by atoms with Crippen molar-refractivity contribution in [2.75, 3.05) is 6.61 Å². The fraction of sp³-hybridized carbons (Fsp3) is 0.364. The molecule has 0 saturated carbocycles. The minimum Gasteiger partial charge on any atom is -0.370 e. The molecule has 1 fully saturated rings. The van der Waals surface area contributed by atoms with E-state index in [2.05, 4.69) is 0 Å². The lowest BCUT2D eigenvalue weighted by molar-refractivity contribution is -0.115. The van der Waals surface area contributed by atoms with Crippen LogP contribution in [0.5, 0.6) is 0 Å². The number of carbonyl (C=O) groups excluding carboxylic acids is 1. The number of benzene rings is 1. The summed E-state index contributed by atoms with van der Waals surface area (Å²) in [6, 6.07) is 3.79. The highest BCUT2D eigenvalue weighted by molar-refractivity contribution is 5.56. The first-order valence-corrected chi connectivity index (χ1v) is 4.72. The molecule has 2 rings (SSSR count). The molecular weight excluding hydrogens is 202 g/mol. The number of hydrogen-bond donors (Lipinski definition) is 0. The molecule has 0 amide bonds. The van der Waals surface area contributed by atoms with Gasteiger partial charge in [0.15, 0.2) is 11.6 Å². The molecule has 1 aromatic rings. The topological polar surface area (TPSA) is 26.3 Å². The Balaban J connectivity index is 2.17. The van der Waals surface area contributed by atoms with Crippen LogP contribution >= 0.6 is 0 Å². The van der Waals surface area contributed by atoms with E-state index >= 15 is 0 Å². The molecule has 15 heavy (non-hydrogen) atoms. The SMILES string of the molecule is O=CC1CC(c2ccc(F)c(F)c2)CO1. The van der Waals surface area contributed by atoms with Crippen molar-refractivity contribution in [1.82, 2.24) is 0 Å². The number of halogens is 2. The maximum absolute atomic E-state index is 12.9. The molecule has 2 unspecified atom stereocenters. The van der Waals surface area contributed by atoms with Crippen LogP contribution in [0.15, 0.2) is 18.2 Å². The average Bonchev–Trinajstić information content (AvgIpc) is 2.70. The molecule has 2 atom stereocenters. The van der Waals surface area contributed by atoms with E-state index in [1.807, 2.05) is 0 Å². The Morgan fingerprint density at radius 2 is 2.13 bits per heavy atom. The van der Waals surface area contributed by atoms with Gasteiger partial charge in [-0.1, -0.05) is 6.07 Å². The molecule has 2 nitrogen and oxygen atoms in total. The number of hydrogen-bond acceptors (Lipinski definition) is 2. The van der Waals surface area contributed by atoms with Crippen molar-refractivity contribution in [2.45, 2.75) is 18.4 Å². The van der Waals surface area contributed by atoms with Crippen molar-refractivity contribution in [3.8, 4) is 0 Å². The highest BCUT2D eigenvalue weighted by Crippen LogP contribution is 2.29. The van der Waals surface area contributed by atoms with Gasteiger partial charge in [0.25, 0.3) is 0 Å². The first-order chi connectivity index (χ1) is 7.20. The second-order valence-corrected chi connectivity index (χ2v) is 3.61. The Kier molecular flexibility index (Phi) is 2.77. The molecule has 0 spiro atoms. The van der Waals surface area contributed by atoms with Crippen LogP contribution in [0.1, 0.15) is 17.9 Å². The largest absolute Gasteiger partial charge is 0.370 e. The van der Waals surface area contributed by atoms with Crippen LogP contribution in [0.2, 0.25) is 0 Å². The van der Waals surface area contributed by atoms with Gasteiger partial charge in [-0.25, -0.2) is 8.78 Å². The normalized spacial score (nSPS) is 25.5. The second kappa shape index (κ2) is 4.06.